The Bertz CT molecular complexity index is 2260. The number of fused-ring (bicyclic) bond motifs is 4. The first kappa shape index (κ1) is 43.3. The summed E-state index contributed by atoms with van der Waals surface area (Å²) >= 11 is 0. The van der Waals surface area contributed by atoms with Gasteiger partial charge in [0.25, 0.3) is 5.88 Å². The molecule has 0 spiro atoms. The number of hydrogen-bond donors (Lipinski definition) is 1. The van der Waals surface area contributed by atoms with Gasteiger partial charge in [-0.05, 0) is 87.2 Å². The molecule has 0 saturated heterocycles. The van der Waals surface area contributed by atoms with E-state index in [0.29, 0.717) is 22.6 Å². The van der Waals surface area contributed by atoms with Gasteiger partial charge in [-0.3, -0.25) is 14.5 Å². The van der Waals surface area contributed by atoms with Crippen LogP contribution in [0, 0.1) is 11.8 Å². The van der Waals surface area contributed by atoms with E-state index in [1.165, 1.54) is 0 Å². The molecular weight excluding hydrogens is 781 g/mol. The lowest BCUT2D eigenvalue weighted by Gasteiger charge is -2.55. The fraction of sp³-hybridized carbons (Fsp3) is 0.468. The van der Waals surface area contributed by atoms with Crippen molar-refractivity contribution in [1.82, 2.24) is 10.1 Å². The fourth-order valence-corrected chi connectivity index (χ4v) is 10.2. The molecule has 1 heterocycles. The number of aliphatic hydroxyl groups excluding tert-OH is 1. The molecule has 0 fully saturated rings. The van der Waals surface area contributed by atoms with Gasteiger partial charge >= 0.3 is 0 Å². The average molecular weight is 839 g/mol. The minimum absolute atomic E-state index is 0.00745. The van der Waals surface area contributed by atoms with Gasteiger partial charge < -0.3 is 37.7 Å². The number of benzene rings is 3. The lowest BCUT2D eigenvalue weighted by Crippen LogP contribution is -2.65. The Balaban J connectivity index is 1.46. The molecule has 13 heteroatoms. The second kappa shape index (κ2) is 16.6. The zero-order valence-corrected chi connectivity index (χ0v) is 37.6. The van der Waals surface area contributed by atoms with Crippen molar-refractivity contribution in [2.75, 3.05) is 28.3 Å². The number of ketones is 2. The van der Waals surface area contributed by atoms with Crippen LogP contribution in [0.4, 0.5) is 0 Å². The van der Waals surface area contributed by atoms with Crippen molar-refractivity contribution in [2.45, 2.75) is 103 Å². The van der Waals surface area contributed by atoms with E-state index in [1.54, 1.807) is 20.3 Å². The number of allylic oxidation sites excluding steroid dienone is 1. The molecule has 1 N–H and O–H groups in total. The molecule has 0 aliphatic heterocycles. The first-order valence-corrected chi connectivity index (χ1v) is 23.5. The van der Waals surface area contributed by atoms with Gasteiger partial charge in [-0.2, -0.15) is 0 Å². The summed E-state index contributed by atoms with van der Waals surface area (Å²) in [5.74, 6) is -1.56. The summed E-state index contributed by atoms with van der Waals surface area (Å²) in [6.45, 7) is 14.5. The summed E-state index contributed by atoms with van der Waals surface area (Å²) < 4.78 is 44.3. The predicted octanol–water partition coefficient (Wildman–Crippen LogP) is 9.36. The van der Waals surface area contributed by atoms with Crippen molar-refractivity contribution in [2.24, 2.45) is 11.8 Å². The number of ether oxygens (including phenoxy) is 5. The molecule has 12 nitrogen and oxygen atoms in total. The van der Waals surface area contributed by atoms with Crippen molar-refractivity contribution < 1.29 is 47.3 Å². The van der Waals surface area contributed by atoms with Crippen LogP contribution >= 0.6 is 0 Å². The van der Waals surface area contributed by atoms with Gasteiger partial charge in [-0.1, -0.05) is 81.4 Å². The van der Waals surface area contributed by atoms with Crippen LogP contribution < -0.4 is 14.2 Å². The number of carbonyl (C=O) groups excluding carboxylic acids is 2. The Kier molecular flexibility index (Phi) is 12.0. The van der Waals surface area contributed by atoms with Crippen LogP contribution in [0.15, 0.2) is 82.6 Å². The van der Waals surface area contributed by atoms with Crippen LogP contribution in [0.25, 0.3) is 0 Å². The van der Waals surface area contributed by atoms with Crippen molar-refractivity contribution in [3.8, 4) is 17.4 Å². The van der Waals surface area contributed by atoms with Crippen molar-refractivity contribution in [3.05, 3.63) is 117 Å². The summed E-state index contributed by atoms with van der Waals surface area (Å²) in [6, 6.07) is 20.4. The highest BCUT2D eigenvalue weighted by molar-refractivity contribution is 6.74. The number of aliphatic hydroxyl groups is 1. The highest BCUT2D eigenvalue weighted by Gasteiger charge is 2.67. The van der Waals surface area contributed by atoms with E-state index < -0.39 is 55.4 Å². The summed E-state index contributed by atoms with van der Waals surface area (Å²) in [7, 11) is 3.97. The molecule has 4 atom stereocenters. The zero-order valence-electron chi connectivity index (χ0n) is 36.6. The molecule has 3 aliphatic carbocycles. The first-order chi connectivity index (χ1) is 28.4. The molecule has 1 aromatic heterocycles. The summed E-state index contributed by atoms with van der Waals surface area (Å²) in [4.78, 5) is 33.2. The molecule has 3 aromatic carbocycles. The second-order valence-electron chi connectivity index (χ2n) is 18.1. The first-order valence-electron chi connectivity index (χ1n) is 20.6. The van der Waals surface area contributed by atoms with Crippen LogP contribution in [0.1, 0.15) is 102 Å². The molecule has 0 amide bonds. The monoisotopic (exact) mass is 838 g/mol. The SMILES string of the molecule is COC(OC)c1cc(OCc2ccccc2)c2c(c1OC(C)C)C[C@H]1C[C@H]3[C@H](N(C)C)c4onc(OCc5ccccc5)c4C(=O)C3(O[Si](C)(C)C(C)(C)C)C(O)=C1C2=O. The van der Waals surface area contributed by atoms with Gasteiger partial charge in [-0.25, -0.2) is 0 Å². The van der Waals surface area contributed by atoms with Crippen molar-refractivity contribution >= 4 is 19.9 Å². The molecular formula is C47H58N2O10Si. The number of nitrogens with zero attached hydrogens (tertiary/aromatic N) is 2. The van der Waals surface area contributed by atoms with Gasteiger partial charge in [0.05, 0.1) is 23.3 Å². The van der Waals surface area contributed by atoms with Crippen LogP contribution in [-0.4, -0.2) is 75.1 Å². The van der Waals surface area contributed by atoms with Gasteiger partial charge in [-0.15, -0.1) is 0 Å². The maximum atomic E-state index is 15.7. The van der Waals surface area contributed by atoms with E-state index in [1.807, 2.05) is 107 Å². The Labute approximate surface area is 353 Å². The Morgan fingerprint density at radius 3 is 2.08 bits per heavy atom. The molecule has 60 heavy (non-hydrogen) atoms. The summed E-state index contributed by atoms with van der Waals surface area (Å²) in [5, 5.41) is 17.1. The third-order valence-corrected chi connectivity index (χ3v) is 17.0. The summed E-state index contributed by atoms with van der Waals surface area (Å²) in [6.07, 6.45) is -0.531. The van der Waals surface area contributed by atoms with E-state index in [2.05, 4.69) is 25.9 Å². The zero-order chi connectivity index (χ0) is 43.3. The van der Waals surface area contributed by atoms with Crippen LogP contribution in [0.5, 0.6) is 17.4 Å². The Morgan fingerprint density at radius 2 is 1.53 bits per heavy atom. The molecule has 1 unspecified atom stereocenters. The molecule has 3 aliphatic rings. The third kappa shape index (κ3) is 7.48. The minimum Gasteiger partial charge on any atom is -0.508 e. The second-order valence-corrected chi connectivity index (χ2v) is 22.8. The largest absolute Gasteiger partial charge is 0.508 e. The quantitative estimate of drug-likeness (QED) is 0.0957. The standard InChI is InChI=1S/C47H58N2O10Si/c1-27(2)57-40-31-22-30-23-33-38(49(6)7)41-37(44(48-58-41)56-26-29-20-16-13-17-21-29)43(52)47(33,59-60(10,11)46(3,4)5)42(51)35(30)39(50)36(31)34(24-32(40)45(53-8)54-9)55-25-28-18-14-12-15-19-28/h12-21,24,27,30,33,38,45,51H,22-23,25-26H2,1-11H3/t30-,33-,38-,47?/m0/s1. The third-order valence-electron chi connectivity index (χ3n) is 12.5. The highest BCUT2D eigenvalue weighted by Crippen LogP contribution is 2.60. The fourth-order valence-electron chi connectivity index (χ4n) is 8.77. The average Bonchev–Trinajstić information content (AvgIpc) is 3.62. The van der Waals surface area contributed by atoms with E-state index in [-0.39, 0.29) is 65.5 Å². The maximum Gasteiger partial charge on any atom is 0.265 e. The minimum atomic E-state index is -2.92. The van der Waals surface area contributed by atoms with Crippen molar-refractivity contribution in [1.29, 1.82) is 0 Å². The highest BCUT2D eigenvalue weighted by atomic mass is 28.4. The maximum absolute atomic E-state index is 15.7. The van der Waals surface area contributed by atoms with Crippen LogP contribution in [-0.2, 0) is 33.5 Å². The number of methoxy groups -OCH3 is 2. The smallest absolute Gasteiger partial charge is 0.265 e. The molecule has 0 bridgehead atoms. The molecule has 7 rings (SSSR count). The number of hydrogen-bond acceptors (Lipinski definition) is 12. The van der Waals surface area contributed by atoms with Gasteiger partial charge in [0.15, 0.2) is 31.8 Å². The van der Waals surface area contributed by atoms with Crippen LogP contribution in [0.2, 0.25) is 18.1 Å². The van der Waals surface area contributed by atoms with Gasteiger partial charge in [0.1, 0.15) is 36.0 Å². The summed E-state index contributed by atoms with van der Waals surface area (Å²) in [5.41, 5.74) is 1.46. The topological polar surface area (TPSA) is 139 Å². The van der Waals surface area contributed by atoms with Crippen molar-refractivity contribution in [3.63, 3.8) is 0 Å². The lowest BCUT2D eigenvalue weighted by molar-refractivity contribution is -0.107. The van der Waals surface area contributed by atoms with E-state index >= 15 is 9.59 Å². The number of rotatable bonds is 14. The molecule has 4 aromatic rings. The number of carbonyl (C=O) groups is 2. The van der Waals surface area contributed by atoms with E-state index in [0.717, 1.165) is 11.1 Å². The Morgan fingerprint density at radius 1 is 0.933 bits per heavy atom. The normalized spacial score (nSPS) is 21.5. The van der Waals surface area contributed by atoms with Gasteiger partial charge in [0, 0.05) is 31.3 Å². The van der Waals surface area contributed by atoms with E-state index in [4.69, 9.17) is 32.6 Å². The molecule has 0 saturated carbocycles. The van der Waals surface area contributed by atoms with E-state index in [9.17, 15) is 5.11 Å². The lowest BCUT2D eigenvalue weighted by atomic mass is 9.58. The molecule has 320 valence electrons. The number of aromatic nitrogens is 1. The molecule has 0 radical (unpaired) electrons. The predicted molar refractivity (Wildman–Crippen MR) is 228 cm³/mol. The van der Waals surface area contributed by atoms with Gasteiger partial charge in [0.2, 0.25) is 5.78 Å². The van der Waals surface area contributed by atoms with Crippen LogP contribution in [0.3, 0.4) is 0 Å². The Hall–Kier alpha value is -4.79. The number of Topliss-reactive ketones (excluding diaryl/α,β-unsaturated/α-hetero) is 2.